The van der Waals surface area contributed by atoms with Gasteiger partial charge < -0.3 is 18.4 Å². The van der Waals surface area contributed by atoms with Gasteiger partial charge in [0.2, 0.25) is 0 Å². The summed E-state index contributed by atoms with van der Waals surface area (Å²) in [5, 5.41) is 0. The fourth-order valence-corrected chi connectivity index (χ4v) is 8.33. The number of quaternary nitrogens is 2. The van der Waals surface area contributed by atoms with Gasteiger partial charge in [0.1, 0.15) is 0 Å². The highest BCUT2D eigenvalue weighted by atomic mass is 19.0. The third-order valence-electron chi connectivity index (χ3n) is 11.9. The minimum Gasteiger partial charge on any atom is -1.00 e. The molecule has 0 bridgehead atoms. The first kappa shape index (κ1) is 58.5. The molecule has 0 saturated heterocycles. The van der Waals surface area contributed by atoms with Crippen molar-refractivity contribution < 1.29 is 18.4 Å². The first-order valence-electron chi connectivity index (χ1n) is 24.2. The lowest BCUT2D eigenvalue weighted by atomic mass is 10.1. The van der Waals surface area contributed by atoms with Crippen LogP contribution in [0.25, 0.3) is 0 Å². The van der Waals surface area contributed by atoms with Gasteiger partial charge in [0.25, 0.3) is 0 Å². The fraction of sp³-hybridized carbons (Fsp3) is 1.00. The van der Waals surface area contributed by atoms with Crippen LogP contribution in [0.3, 0.4) is 0 Å². The standard InChI is InChI=1S/2C24H52N.2FH/c2*1-5-9-13-17-21-25(22-18-14-10-6-2,23-19-15-11-7-3)24-20-16-12-8-4;;/h2*5-24H2,1-4H3;2*1H/q2*+1;;/p-2. The zero-order valence-corrected chi connectivity index (χ0v) is 37.9. The summed E-state index contributed by atoms with van der Waals surface area (Å²) in [5.74, 6) is 0. The summed E-state index contributed by atoms with van der Waals surface area (Å²) in [6, 6.07) is 0. The lowest BCUT2D eigenvalue weighted by Crippen LogP contribution is -3.00. The second kappa shape index (κ2) is 46.9. The second-order valence-corrected chi connectivity index (χ2v) is 17.0. The van der Waals surface area contributed by atoms with Gasteiger partial charge in [-0.3, -0.25) is 0 Å². The number of rotatable bonds is 40. The maximum atomic E-state index is 2.34. The van der Waals surface area contributed by atoms with E-state index in [2.05, 4.69) is 55.4 Å². The largest absolute Gasteiger partial charge is 1.00 e. The molecule has 0 radical (unpaired) electrons. The van der Waals surface area contributed by atoms with Gasteiger partial charge in [0.05, 0.1) is 52.4 Å². The smallest absolute Gasteiger partial charge is 0.0786 e. The van der Waals surface area contributed by atoms with Gasteiger partial charge in [-0.1, -0.05) is 158 Å². The van der Waals surface area contributed by atoms with Crippen LogP contribution in [0, 0.1) is 0 Å². The van der Waals surface area contributed by atoms with E-state index in [0.29, 0.717) is 0 Å². The highest BCUT2D eigenvalue weighted by Gasteiger charge is 2.27. The van der Waals surface area contributed by atoms with Gasteiger partial charge in [-0.15, -0.1) is 0 Å². The normalized spacial score (nSPS) is 11.5. The molecule has 0 aliphatic rings. The number of halogens is 2. The van der Waals surface area contributed by atoms with Crippen molar-refractivity contribution >= 4 is 0 Å². The first-order valence-corrected chi connectivity index (χ1v) is 24.2. The van der Waals surface area contributed by atoms with Gasteiger partial charge in [-0.25, -0.2) is 0 Å². The predicted molar refractivity (Wildman–Crippen MR) is 233 cm³/mol. The van der Waals surface area contributed by atoms with Gasteiger partial charge in [-0.05, 0) is 103 Å². The van der Waals surface area contributed by atoms with Gasteiger partial charge in [0.15, 0.2) is 0 Å². The Hall–Kier alpha value is -0.220. The van der Waals surface area contributed by atoms with Crippen molar-refractivity contribution in [2.24, 2.45) is 0 Å². The molecule has 0 spiro atoms. The van der Waals surface area contributed by atoms with Crippen molar-refractivity contribution in [3.8, 4) is 0 Å². The van der Waals surface area contributed by atoms with Gasteiger partial charge >= 0.3 is 0 Å². The van der Waals surface area contributed by atoms with E-state index >= 15 is 0 Å². The highest BCUT2D eigenvalue weighted by molar-refractivity contribution is 4.55. The van der Waals surface area contributed by atoms with Crippen LogP contribution < -0.4 is 9.41 Å². The molecule has 0 fully saturated rings. The molecule has 0 unspecified atom stereocenters. The molecule has 0 aromatic heterocycles. The highest BCUT2D eigenvalue weighted by Crippen LogP contribution is 2.21. The zero-order valence-electron chi connectivity index (χ0n) is 37.9. The number of nitrogens with zero attached hydrogens (tertiary/aromatic N) is 2. The average Bonchev–Trinajstić information content (AvgIpc) is 3.13. The molecule has 0 N–H and O–H groups in total. The molecule has 0 heterocycles. The maximum absolute atomic E-state index is 2.34. The summed E-state index contributed by atoms with van der Waals surface area (Å²) in [6.45, 7) is 30.4. The molecule has 0 aromatic carbocycles. The number of hydrogen-bond acceptors (Lipinski definition) is 0. The first-order chi connectivity index (χ1) is 24.5. The van der Waals surface area contributed by atoms with E-state index in [1.54, 1.807) is 0 Å². The van der Waals surface area contributed by atoms with E-state index in [-0.39, 0.29) is 9.41 Å². The Kier molecular flexibility index (Phi) is 52.8. The third-order valence-corrected chi connectivity index (χ3v) is 11.9. The number of hydrogen-bond donors (Lipinski definition) is 0. The molecule has 4 heteroatoms. The van der Waals surface area contributed by atoms with E-state index in [9.17, 15) is 0 Å². The van der Waals surface area contributed by atoms with E-state index in [4.69, 9.17) is 0 Å². The van der Waals surface area contributed by atoms with Crippen LogP contribution in [-0.4, -0.2) is 61.3 Å². The Morgan fingerprint density at radius 1 is 0.173 bits per heavy atom. The molecule has 0 atom stereocenters. The SMILES string of the molecule is CCCCCC[N+](CCCCCC)(CCCCCC)CCCCCC.CCCCCC[N+](CCCCCC)(CCCCCC)CCCCCC.[F-].[F-]. The van der Waals surface area contributed by atoms with Crippen LogP contribution in [0.1, 0.15) is 261 Å². The molecule has 52 heavy (non-hydrogen) atoms. The lowest BCUT2D eigenvalue weighted by molar-refractivity contribution is -0.929. The molecule has 0 aromatic rings. The summed E-state index contributed by atoms with van der Waals surface area (Å²) in [7, 11) is 0. The quantitative estimate of drug-likeness (QED) is 0.0433. The molecule has 0 amide bonds. The summed E-state index contributed by atoms with van der Waals surface area (Å²) in [5.41, 5.74) is 0. The molecule has 0 rings (SSSR count). The Balaban J connectivity index is -0.000000427. The van der Waals surface area contributed by atoms with Crippen molar-refractivity contribution in [1.29, 1.82) is 0 Å². The molecule has 2 nitrogen and oxygen atoms in total. The van der Waals surface area contributed by atoms with Crippen LogP contribution in [0.15, 0.2) is 0 Å². The minimum atomic E-state index is 0. The fourth-order valence-electron chi connectivity index (χ4n) is 8.33. The minimum absolute atomic E-state index is 0. The summed E-state index contributed by atoms with van der Waals surface area (Å²) >= 11 is 0. The van der Waals surface area contributed by atoms with E-state index in [1.165, 1.54) is 267 Å². The topological polar surface area (TPSA) is 0 Å². The Bertz CT molecular complexity index is 454. The second-order valence-electron chi connectivity index (χ2n) is 17.0. The Labute approximate surface area is 330 Å². The van der Waals surface area contributed by atoms with Crippen molar-refractivity contribution in [2.45, 2.75) is 261 Å². The van der Waals surface area contributed by atoms with Crippen LogP contribution in [0.2, 0.25) is 0 Å². The van der Waals surface area contributed by atoms with Gasteiger partial charge in [0, 0.05) is 0 Å². The third kappa shape index (κ3) is 38.1. The molecule has 0 aliphatic carbocycles. The Morgan fingerprint density at radius 2 is 0.288 bits per heavy atom. The predicted octanol–water partition coefficient (Wildman–Crippen LogP) is 10.3. The molecule has 0 aliphatic heterocycles. The number of unbranched alkanes of at least 4 members (excludes halogenated alkanes) is 24. The summed E-state index contributed by atoms with van der Waals surface area (Å²) < 4.78 is 2.92. The average molecular weight is 747 g/mol. The Morgan fingerprint density at radius 3 is 0.385 bits per heavy atom. The molecule has 320 valence electrons. The van der Waals surface area contributed by atoms with E-state index in [1.807, 2.05) is 0 Å². The van der Waals surface area contributed by atoms with Crippen LogP contribution in [0.4, 0.5) is 0 Å². The zero-order chi connectivity index (χ0) is 37.3. The van der Waals surface area contributed by atoms with E-state index < -0.39 is 0 Å². The van der Waals surface area contributed by atoms with Gasteiger partial charge in [-0.2, -0.15) is 0 Å². The lowest BCUT2D eigenvalue weighted by Gasteiger charge is -2.39. The molecular formula is C48H104F2N2. The summed E-state index contributed by atoms with van der Waals surface area (Å²) in [6.07, 6.45) is 45.7. The van der Waals surface area contributed by atoms with Crippen LogP contribution >= 0.6 is 0 Å². The monoisotopic (exact) mass is 747 g/mol. The van der Waals surface area contributed by atoms with Crippen molar-refractivity contribution in [3.63, 3.8) is 0 Å². The summed E-state index contributed by atoms with van der Waals surface area (Å²) in [4.78, 5) is 0. The molecule has 0 saturated carbocycles. The van der Waals surface area contributed by atoms with Crippen molar-refractivity contribution in [1.82, 2.24) is 0 Å². The maximum Gasteiger partial charge on any atom is 0.0786 e. The van der Waals surface area contributed by atoms with Crippen molar-refractivity contribution in [2.75, 3.05) is 52.4 Å². The van der Waals surface area contributed by atoms with E-state index in [0.717, 1.165) is 0 Å². The van der Waals surface area contributed by atoms with Crippen LogP contribution in [-0.2, 0) is 0 Å². The van der Waals surface area contributed by atoms with Crippen molar-refractivity contribution in [3.05, 3.63) is 0 Å². The van der Waals surface area contributed by atoms with Crippen LogP contribution in [0.5, 0.6) is 0 Å². The molecular weight excluding hydrogens is 643 g/mol.